The Kier molecular flexibility index (Phi) is 5.93. The molecule has 3 rings (SSSR count). The summed E-state index contributed by atoms with van der Waals surface area (Å²) in [7, 11) is 3.11. The van der Waals surface area contributed by atoms with Crippen molar-refractivity contribution >= 4 is 17.5 Å². The van der Waals surface area contributed by atoms with Gasteiger partial charge in [-0.15, -0.1) is 10.2 Å². The Morgan fingerprint density at radius 2 is 1.81 bits per heavy atom. The third-order valence-electron chi connectivity index (χ3n) is 3.81. The zero-order valence-corrected chi connectivity index (χ0v) is 15.6. The van der Waals surface area contributed by atoms with Crippen LogP contribution >= 0.6 is 11.6 Å². The first-order chi connectivity index (χ1) is 13.1. The Balaban J connectivity index is 1.57. The minimum Gasteiger partial charge on any atom is -0.493 e. The molecule has 2 aromatic carbocycles. The van der Waals surface area contributed by atoms with E-state index < -0.39 is 0 Å². The van der Waals surface area contributed by atoms with Gasteiger partial charge < -0.3 is 19.2 Å². The average molecular weight is 388 g/mol. The Morgan fingerprint density at radius 3 is 2.52 bits per heavy atom. The van der Waals surface area contributed by atoms with Crippen LogP contribution in [0.2, 0.25) is 5.02 Å². The number of amides is 1. The lowest BCUT2D eigenvalue weighted by molar-refractivity contribution is -0.120. The summed E-state index contributed by atoms with van der Waals surface area (Å²) in [5.74, 6) is 1.71. The van der Waals surface area contributed by atoms with Crippen molar-refractivity contribution in [2.75, 3.05) is 14.2 Å². The molecule has 0 aliphatic carbocycles. The maximum absolute atomic E-state index is 12.2. The van der Waals surface area contributed by atoms with Gasteiger partial charge >= 0.3 is 0 Å². The van der Waals surface area contributed by atoms with Gasteiger partial charge in [-0.1, -0.05) is 17.7 Å². The fraction of sp³-hybridized carbons (Fsp3) is 0.211. The second kappa shape index (κ2) is 8.55. The van der Waals surface area contributed by atoms with Gasteiger partial charge in [0, 0.05) is 10.6 Å². The van der Waals surface area contributed by atoms with E-state index in [9.17, 15) is 4.79 Å². The molecule has 0 radical (unpaired) electrons. The molecule has 0 aliphatic heterocycles. The molecule has 3 aromatic rings. The fourth-order valence-corrected chi connectivity index (χ4v) is 2.57. The maximum atomic E-state index is 12.2. The van der Waals surface area contributed by atoms with E-state index in [0.717, 1.165) is 11.1 Å². The quantitative estimate of drug-likeness (QED) is 0.669. The van der Waals surface area contributed by atoms with Gasteiger partial charge in [-0.2, -0.15) is 0 Å². The van der Waals surface area contributed by atoms with Gasteiger partial charge in [0.05, 0.1) is 27.2 Å². The van der Waals surface area contributed by atoms with Crippen molar-refractivity contribution in [1.82, 2.24) is 15.5 Å². The van der Waals surface area contributed by atoms with Gasteiger partial charge in [0.1, 0.15) is 0 Å². The molecule has 0 fully saturated rings. The summed E-state index contributed by atoms with van der Waals surface area (Å²) in [4.78, 5) is 12.2. The van der Waals surface area contributed by atoms with Crippen molar-refractivity contribution < 1.29 is 18.7 Å². The van der Waals surface area contributed by atoms with E-state index in [1.807, 2.05) is 6.07 Å². The number of benzene rings is 2. The molecule has 1 amide bonds. The molecule has 0 bridgehead atoms. The lowest BCUT2D eigenvalue weighted by atomic mass is 10.1. The number of aromatic nitrogens is 2. The van der Waals surface area contributed by atoms with Gasteiger partial charge in [0.2, 0.25) is 17.7 Å². The Hall–Kier alpha value is -3.06. The molecular formula is C19H18ClN3O4. The molecular weight excluding hydrogens is 370 g/mol. The van der Waals surface area contributed by atoms with Crippen LogP contribution in [0.25, 0.3) is 11.5 Å². The second-order valence-electron chi connectivity index (χ2n) is 5.65. The van der Waals surface area contributed by atoms with Crippen LogP contribution in [0.1, 0.15) is 11.5 Å². The Bertz CT molecular complexity index is 925. The van der Waals surface area contributed by atoms with Crippen LogP contribution in [0.5, 0.6) is 11.5 Å². The summed E-state index contributed by atoms with van der Waals surface area (Å²) < 4.78 is 16.0. The minimum atomic E-state index is -0.173. The molecule has 1 aromatic heterocycles. The first-order valence-electron chi connectivity index (χ1n) is 8.15. The molecule has 27 heavy (non-hydrogen) atoms. The SMILES string of the molecule is COc1ccc(CC(=O)NCc2nnc(-c3ccc(Cl)cc3)o2)cc1OC. The second-order valence-corrected chi connectivity index (χ2v) is 6.09. The van der Waals surface area contributed by atoms with Crippen LogP contribution < -0.4 is 14.8 Å². The lowest BCUT2D eigenvalue weighted by Gasteiger charge is -2.09. The van der Waals surface area contributed by atoms with E-state index in [4.69, 9.17) is 25.5 Å². The van der Waals surface area contributed by atoms with E-state index in [1.165, 1.54) is 0 Å². The van der Waals surface area contributed by atoms with Crippen LogP contribution in [-0.2, 0) is 17.8 Å². The molecule has 1 heterocycles. The standard InChI is InChI=1S/C19H18ClN3O4/c1-25-15-8-3-12(9-16(15)26-2)10-17(24)21-11-18-22-23-19(27-18)13-4-6-14(20)7-5-13/h3-9H,10-11H2,1-2H3,(H,21,24). The molecule has 0 saturated carbocycles. The van der Waals surface area contributed by atoms with Gasteiger partial charge in [-0.05, 0) is 42.0 Å². The highest BCUT2D eigenvalue weighted by molar-refractivity contribution is 6.30. The number of carbonyl (C=O) groups is 1. The molecule has 140 valence electrons. The van der Waals surface area contributed by atoms with Crippen LogP contribution in [0.3, 0.4) is 0 Å². The highest BCUT2D eigenvalue weighted by Gasteiger charge is 2.11. The molecule has 8 heteroatoms. The number of carbonyl (C=O) groups excluding carboxylic acids is 1. The largest absolute Gasteiger partial charge is 0.493 e. The predicted octanol–water partition coefficient (Wildman–Crippen LogP) is 3.27. The van der Waals surface area contributed by atoms with E-state index in [2.05, 4.69) is 15.5 Å². The highest BCUT2D eigenvalue weighted by atomic mass is 35.5. The number of methoxy groups -OCH3 is 2. The third kappa shape index (κ3) is 4.77. The molecule has 1 N–H and O–H groups in total. The first-order valence-corrected chi connectivity index (χ1v) is 8.52. The Morgan fingerprint density at radius 1 is 1.07 bits per heavy atom. The van der Waals surface area contributed by atoms with E-state index in [-0.39, 0.29) is 18.9 Å². The van der Waals surface area contributed by atoms with Crippen LogP contribution in [0.15, 0.2) is 46.9 Å². The first kappa shape index (κ1) is 18.7. The highest BCUT2D eigenvalue weighted by Crippen LogP contribution is 2.27. The summed E-state index contributed by atoms with van der Waals surface area (Å²) in [5.41, 5.74) is 1.56. The van der Waals surface area contributed by atoms with Crippen molar-refractivity contribution in [1.29, 1.82) is 0 Å². The summed E-state index contributed by atoms with van der Waals surface area (Å²) in [6.07, 6.45) is 0.193. The monoisotopic (exact) mass is 387 g/mol. The number of hydrogen-bond donors (Lipinski definition) is 1. The van der Waals surface area contributed by atoms with Crippen LogP contribution in [0.4, 0.5) is 0 Å². The van der Waals surface area contributed by atoms with Crippen LogP contribution in [-0.4, -0.2) is 30.3 Å². The summed E-state index contributed by atoms with van der Waals surface area (Å²) in [6, 6.07) is 12.4. The normalized spacial score (nSPS) is 10.5. The minimum absolute atomic E-state index is 0.146. The Labute approximate surface area is 161 Å². The smallest absolute Gasteiger partial charge is 0.247 e. The molecule has 0 spiro atoms. The molecule has 0 unspecified atom stereocenters. The van der Waals surface area contributed by atoms with Crippen LogP contribution in [0, 0.1) is 0 Å². The number of nitrogens with one attached hydrogen (secondary N) is 1. The van der Waals surface area contributed by atoms with Crippen molar-refractivity contribution in [3.63, 3.8) is 0 Å². The number of ether oxygens (including phenoxy) is 2. The number of rotatable bonds is 7. The van der Waals surface area contributed by atoms with Gasteiger partial charge in [-0.3, -0.25) is 4.79 Å². The topological polar surface area (TPSA) is 86.5 Å². The zero-order chi connectivity index (χ0) is 19.2. The summed E-state index contributed by atoms with van der Waals surface area (Å²) >= 11 is 5.86. The van der Waals surface area contributed by atoms with E-state index >= 15 is 0 Å². The molecule has 7 nitrogen and oxygen atoms in total. The molecule has 0 aliphatic rings. The zero-order valence-electron chi connectivity index (χ0n) is 14.9. The fourth-order valence-electron chi connectivity index (χ4n) is 2.45. The van der Waals surface area contributed by atoms with Gasteiger partial charge in [0.25, 0.3) is 0 Å². The average Bonchev–Trinajstić information content (AvgIpc) is 3.16. The van der Waals surface area contributed by atoms with Gasteiger partial charge in [-0.25, -0.2) is 0 Å². The van der Waals surface area contributed by atoms with Crippen molar-refractivity contribution in [3.8, 4) is 23.0 Å². The third-order valence-corrected chi connectivity index (χ3v) is 4.06. The van der Waals surface area contributed by atoms with Gasteiger partial charge in [0.15, 0.2) is 11.5 Å². The van der Waals surface area contributed by atoms with Crippen molar-refractivity contribution in [2.24, 2.45) is 0 Å². The molecule has 0 atom stereocenters. The van der Waals surface area contributed by atoms with E-state index in [0.29, 0.717) is 28.3 Å². The lowest BCUT2D eigenvalue weighted by Crippen LogP contribution is -2.24. The number of hydrogen-bond acceptors (Lipinski definition) is 6. The summed E-state index contributed by atoms with van der Waals surface area (Å²) in [6.45, 7) is 0.146. The van der Waals surface area contributed by atoms with E-state index in [1.54, 1.807) is 50.6 Å². The number of halogens is 1. The number of nitrogens with zero attached hydrogens (tertiary/aromatic N) is 2. The summed E-state index contributed by atoms with van der Waals surface area (Å²) in [5, 5.41) is 11.3. The predicted molar refractivity (Wildman–Crippen MR) is 99.8 cm³/mol. The molecule has 0 saturated heterocycles. The van der Waals surface area contributed by atoms with Crippen molar-refractivity contribution in [2.45, 2.75) is 13.0 Å². The maximum Gasteiger partial charge on any atom is 0.247 e. The van der Waals surface area contributed by atoms with Crippen molar-refractivity contribution in [3.05, 3.63) is 58.9 Å².